The van der Waals surface area contributed by atoms with Gasteiger partial charge in [-0.15, -0.1) is 0 Å². The van der Waals surface area contributed by atoms with Crippen LogP contribution in [0.5, 0.6) is 0 Å². The Labute approximate surface area is 158 Å². The van der Waals surface area contributed by atoms with Gasteiger partial charge in [-0.3, -0.25) is 4.79 Å². The normalized spacial score (nSPS) is 32.2. The van der Waals surface area contributed by atoms with Crippen molar-refractivity contribution in [1.82, 2.24) is 0 Å². The Morgan fingerprint density at radius 1 is 1.31 bits per heavy atom. The van der Waals surface area contributed by atoms with Crippen LogP contribution in [0.3, 0.4) is 0 Å². The zero-order valence-corrected chi connectivity index (χ0v) is 16.3. The van der Waals surface area contributed by atoms with Gasteiger partial charge in [0.25, 0.3) is 0 Å². The summed E-state index contributed by atoms with van der Waals surface area (Å²) < 4.78 is 0. The van der Waals surface area contributed by atoms with Gasteiger partial charge in [-0.2, -0.15) is 0 Å². The first kappa shape index (κ1) is 21.2. The molecule has 0 aromatic heterocycles. The molecular weight excluding hydrogens is 328 g/mol. The maximum atomic E-state index is 10.6. The Morgan fingerprint density at radius 3 is 2.77 bits per heavy atom. The second-order valence-electron chi connectivity index (χ2n) is 8.40. The second kappa shape index (κ2) is 10.3. The van der Waals surface area contributed by atoms with Gasteiger partial charge in [0, 0.05) is 12.3 Å². The highest BCUT2D eigenvalue weighted by Gasteiger charge is 2.44. The molecule has 0 aromatic carbocycles. The van der Waals surface area contributed by atoms with E-state index in [9.17, 15) is 15.0 Å². The Bertz CT molecular complexity index is 510. The Hall–Kier alpha value is -1.13. The molecule has 0 saturated heterocycles. The fourth-order valence-corrected chi connectivity index (χ4v) is 4.51. The van der Waals surface area contributed by atoms with Crippen LogP contribution in [0.15, 0.2) is 23.8 Å². The lowest BCUT2D eigenvalue weighted by atomic mass is 9.90. The number of carbonyl (C=O) groups is 1. The Kier molecular flexibility index (Phi) is 8.36. The molecule has 2 rings (SSSR count). The average Bonchev–Trinajstić information content (AvgIpc) is 3.11. The number of hydrogen-bond donors (Lipinski definition) is 3. The summed E-state index contributed by atoms with van der Waals surface area (Å²) in [5.74, 6) is 1.05. The van der Waals surface area contributed by atoms with Crippen LogP contribution in [-0.4, -0.2) is 33.5 Å². The third kappa shape index (κ3) is 6.24. The SMILES string of the molecule is CCC(C)CC[C@@H](O)/C=C/[C@@H]1[C@H]2C/C(=C/CCCC(=O)O)C[C@@H]2C[C@H]1O. The van der Waals surface area contributed by atoms with Crippen molar-refractivity contribution in [1.29, 1.82) is 0 Å². The first-order chi connectivity index (χ1) is 12.4. The first-order valence-corrected chi connectivity index (χ1v) is 10.3. The smallest absolute Gasteiger partial charge is 0.303 e. The number of carboxylic acids is 1. The molecule has 2 aliphatic rings. The minimum atomic E-state index is -0.730. The van der Waals surface area contributed by atoms with E-state index in [1.165, 1.54) is 5.57 Å². The molecule has 0 spiro atoms. The standard InChI is InChI=1S/C22H36O4/c1-3-15(2)8-9-18(23)10-11-19-20-13-16(6-4-5-7-22(25)26)12-17(20)14-21(19)24/h6,10-11,15,17-21,23-24H,3-5,7-9,12-14H2,1-2H3,(H,25,26)/b11-10+,16-6+/t15?,17-,18-,19-,20+,21-/m1/s1. The minimum absolute atomic E-state index is 0.142. The number of fused-ring (bicyclic) bond motifs is 1. The molecule has 0 amide bonds. The van der Waals surface area contributed by atoms with E-state index in [4.69, 9.17) is 5.11 Å². The molecule has 2 fully saturated rings. The van der Waals surface area contributed by atoms with Gasteiger partial charge in [-0.1, -0.05) is 44.1 Å². The van der Waals surface area contributed by atoms with Gasteiger partial charge in [-0.25, -0.2) is 0 Å². The van der Waals surface area contributed by atoms with Crippen LogP contribution < -0.4 is 0 Å². The summed E-state index contributed by atoms with van der Waals surface area (Å²) in [5.41, 5.74) is 1.42. The van der Waals surface area contributed by atoms with Crippen LogP contribution in [0, 0.1) is 23.7 Å². The van der Waals surface area contributed by atoms with E-state index < -0.39 is 12.1 Å². The minimum Gasteiger partial charge on any atom is -0.481 e. The topological polar surface area (TPSA) is 77.8 Å². The third-order valence-corrected chi connectivity index (χ3v) is 6.35. The predicted octanol–water partition coefficient (Wildman–Crippen LogP) is 4.32. The van der Waals surface area contributed by atoms with Gasteiger partial charge in [0.1, 0.15) is 0 Å². The molecule has 1 unspecified atom stereocenters. The lowest BCUT2D eigenvalue weighted by molar-refractivity contribution is -0.137. The molecule has 0 aliphatic heterocycles. The van der Waals surface area contributed by atoms with E-state index in [-0.39, 0.29) is 18.4 Å². The van der Waals surface area contributed by atoms with Crippen LogP contribution in [0.1, 0.15) is 71.6 Å². The summed E-state index contributed by atoms with van der Waals surface area (Å²) in [4.78, 5) is 10.6. The molecule has 6 atom stereocenters. The summed E-state index contributed by atoms with van der Waals surface area (Å²) in [7, 11) is 0. The molecule has 4 nitrogen and oxygen atoms in total. The van der Waals surface area contributed by atoms with E-state index in [0.29, 0.717) is 24.2 Å². The fourth-order valence-electron chi connectivity index (χ4n) is 4.51. The van der Waals surface area contributed by atoms with Gasteiger partial charge in [0.05, 0.1) is 12.2 Å². The zero-order valence-electron chi connectivity index (χ0n) is 16.3. The lowest BCUT2D eigenvalue weighted by Crippen LogP contribution is -2.17. The van der Waals surface area contributed by atoms with Gasteiger partial charge in [0.15, 0.2) is 0 Å². The van der Waals surface area contributed by atoms with Crippen molar-refractivity contribution in [2.75, 3.05) is 0 Å². The molecule has 0 radical (unpaired) electrons. The molecule has 0 aromatic rings. The summed E-state index contributed by atoms with van der Waals surface area (Å²) in [6, 6.07) is 0. The molecule has 3 N–H and O–H groups in total. The maximum absolute atomic E-state index is 10.6. The number of hydrogen-bond acceptors (Lipinski definition) is 3. The van der Waals surface area contributed by atoms with Crippen molar-refractivity contribution < 1.29 is 20.1 Å². The summed E-state index contributed by atoms with van der Waals surface area (Å²) >= 11 is 0. The van der Waals surface area contributed by atoms with Crippen LogP contribution in [0.2, 0.25) is 0 Å². The van der Waals surface area contributed by atoms with E-state index in [1.54, 1.807) is 0 Å². The summed E-state index contributed by atoms with van der Waals surface area (Å²) in [5, 5.41) is 29.3. The zero-order chi connectivity index (χ0) is 19.1. The quantitative estimate of drug-likeness (QED) is 0.398. The maximum Gasteiger partial charge on any atom is 0.303 e. The number of aliphatic carboxylic acids is 1. The van der Waals surface area contributed by atoms with E-state index in [2.05, 4.69) is 26.0 Å². The molecule has 4 heteroatoms. The van der Waals surface area contributed by atoms with E-state index >= 15 is 0 Å². The molecule has 2 saturated carbocycles. The number of aliphatic hydroxyl groups excluding tert-OH is 2. The monoisotopic (exact) mass is 364 g/mol. The summed E-state index contributed by atoms with van der Waals surface area (Å²) in [6.07, 6.45) is 13.1. The Morgan fingerprint density at radius 2 is 2.08 bits per heavy atom. The van der Waals surface area contributed by atoms with Crippen molar-refractivity contribution in [3.05, 3.63) is 23.8 Å². The highest BCUT2D eigenvalue weighted by Crippen LogP contribution is 2.50. The van der Waals surface area contributed by atoms with E-state index in [1.807, 2.05) is 6.08 Å². The number of carboxylic acid groups (broad SMARTS) is 1. The molecule has 148 valence electrons. The molecular formula is C22H36O4. The molecule has 0 heterocycles. The number of allylic oxidation sites excluding steroid dienone is 2. The molecule has 0 bridgehead atoms. The highest BCUT2D eigenvalue weighted by molar-refractivity contribution is 5.66. The van der Waals surface area contributed by atoms with Gasteiger partial charge < -0.3 is 15.3 Å². The van der Waals surface area contributed by atoms with Crippen LogP contribution >= 0.6 is 0 Å². The lowest BCUT2D eigenvalue weighted by Gasteiger charge is -2.18. The van der Waals surface area contributed by atoms with E-state index in [0.717, 1.165) is 44.9 Å². The molecule has 26 heavy (non-hydrogen) atoms. The van der Waals surface area contributed by atoms with Gasteiger partial charge >= 0.3 is 5.97 Å². The highest BCUT2D eigenvalue weighted by atomic mass is 16.4. The fraction of sp³-hybridized carbons (Fsp3) is 0.773. The van der Waals surface area contributed by atoms with Crippen molar-refractivity contribution >= 4 is 5.97 Å². The Balaban J connectivity index is 1.83. The third-order valence-electron chi connectivity index (χ3n) is 6.35. The van der Waals surface area contributed by atoms with Crippen LogP contribution in [-0.2, 0) is 4.79 Å². The average molecular weight is 365 g/mol. The largest absolute Gasteiger partial charge is 0.481 e. The predicted molar refractivity (Wildman–Crippen MR) is 104 cm³/mol. The van der Waals surface area contributed by atoms with Crippen LogP contribution in [0.4, 0.5) is 0 Å². The van der Waals surface area contributed by atoms with Crippen molar-refractivity contribution in [3.63, 3.8) is 0 Å². The summed E-state index contributed by atoms with van der Waals surface area (Å²) in [6.45, 7) is 4.39. The second-order valence-corrected chi connectivity index (χ2v) is 8.40. The number of rotatable bonds is 10. The van der Waals surface area contributed by atoms with Crippen LogP contribution in [0.25, 0.3) is 0 Å². The molecule has 2 aliphatic carbocycles. The number of unbranched alkanes of at least 4 members (excludes halogenated alkanes) is 1. The van der Waals surface area contributed by atoms with Crippen molar-refractivity contribution in [2.45, 2.75) is 83.8 Å². The van der Waals surface area contributed by atoms with Gasteiger partial charge in [-0.05, 0) is 62.7 Å². The van der Waals surface area contributed by atoms with Crippen molar-refractivity contribution in [2.24, 2.45) is 23.7 Å². The number of aliphatic hydroxyl groups is 2. The first-order valence-electron chi connectivity index (χ1n) is 10.3. The van der Waals surface area contributed by atoms with Crippen molar-refractivity contribution in [3.8, 4) is 0 Å². The van der Waals surface area contributed by atoms with Gasteiger partial charge in [0.2, 0.25) is 0 Å².